The number of hydrogen-bond acceptors (Lipinski definition) is 4. The lowest BCUT2D eigenvalue weighted by atomic mass is 9.77. The smallest absolute Gasteiger partial charge is 0.246 e. The molecule has 0 saturated heterocycles. The first-order valence-corrected chi connectivity index (χ1v) is 7.75. The molecule has 3 N–H and O–H groups in total. The molecule has 0 heterocycles. The van der Waals surface area contributed by atoms with Crippen LogP contribution in [0.3, 0.4) is 0 Å². The third-order valence-corrected chi connectivity index (χ3v) is 4.22. The molecule has 1 saturated carbocycles. The van der Waals surface area contributed by atoms with E-state index < -0.39 is 0 Å². The minimum atomic E-state index is -0.289. The van der Waals surface area contributed by atoms with Crippen LogP contribution in [-0.2, 0) is 14.3 Å². The van der Waals surface area contributed by atoms with Gasteiger partial charge in [-0.15, -0.1) is 0 Å². The lowest BCUT2D eigenvalue weighted by Gasteiger charge is -2.39. The molecular weight excluding hydrogens is 256 g/mol. The van der Waals surface area contributed by atoms with Gasteiger partial charge in [0.2, 0.25) is 5.91 Å². The molecule has 0 radical (unpaired) electrons. The fourth-order valence-electron chi connectivity index (χ4n) is 2.87. The molecular formula is C15H30N2O3. The first-order valence-electron chi connectivity index (χ1n) is 7.75. The van der Waals surface area contributed by atoms with Gasteiger partial charge >= 0.3 is 0 Å². The number of hydrogen-bond donors (Lipinski definition) is 2. The van der Waals surface area contributed by atoms with Crippen molar-refractivity contribution in [3.05, 3.63) is 0 Å². The summed E-state index contributed by atoms with van der Waals surface area (Å²) >= 11 is 0. The predicted octanol–water partition coefficient (Wildman–Crippen LogP) is 1.45. The molecule has 0 aromatic carbocycles. The highest BCUT2D eigenvalue weighted by molar-refractivity contribution is 5.77. The summed E-state index contributed by atoms with van der Waals surface area (Å²) in [6.45, 7) is 3.86. The van der Waals surface area contributed by atoms with Crippen LogP contribution in [-0.4, -0.2) is 44.9 Å². The molecule has 5 heteroatoms. The Labute approximate surface area is 122 Å². The average Bonchev–Trinajstić information content (AvgIpc) is 2.47. The summed E-state index contributed by atoms with van der Waals surface area (Å²) in [6.07, 6.45) is 6.80. The molecule has 1 rings (SSSR count). The van der Waals surface area contributed by atoms with Crippen LogP contribution in [0, 0.1) is 5.92 Å². The molecule has 1 fully saturated rings. The third-order valence-electron chi connectivity index (χ3n) is 4.22. The van der Waals surface area contributed by atoms with Gasteiger partial charge in [0.05, 0.1) is 12.2 Å². The van der Waals surface area contributed by atoms with Gasteiger partial charge in [0.1, 0.15) is 6.61 Å². The summed E-state index contributed by atoms with van der Waals surface area (Å²) in [6, 6.07) is 0. The highest BCUT2D eigenvalue weighted by Gasteiger charge is 2.35. The fraction of sp³-hybridized carbons (Fsp3) is 0.933. The summed E-state index contributed by atoms with van der Waals surface area (Å²) in [5.41, 5.74) is 5.60. The highest BCUT2D eigenvalue weighted by atomic mass is 16.5. The second-order valence-electron chi connectivity index (χ2n) is 5.75. The van der Waals surface area contributed by atoms with Crippen molar-refractivity contribution >= 4 is 5.91 Å². The third kappa shape index (κ3) is 5.77. The van der Waals surface area contributed by atoms with E-state index in [1.807, 2.05) is 0 Å². The Hall–Kier alpha value is -0.650. The quantitative estimate of drug-likeness (QED) is 0.629. The summed E-state index contributed by atoms with van der Waals surface area (Å²) in [5.74, 6) is 0.712. The van der Waals surface area contributed by atoms with Crippen molar-refractivity contribution in [3.63, 3.8) is 0 Å². The van der Waals surface area contributed by atoms with Crippen molar-refractivity contribution in [3.8, 4) is 0 Å². The Kier molecular flexibility index (Phi) is 8.11. The van der Waals surface area contributed by atoms with Crippen LogP contribution in [0.1, 0.15) is 45.4 Å². The fourth-order valence-corrected chi connectivity index (χ4v) is 2.87. The lowest BCUT2D eigenvalue weighted by Crippen LogP contribution is -2.46. The van der Waals surface area contributed by atoms with E-state index in [-0.39, 0.29) is 18.1 Å². The zero-order valence-corrected chi connectivity index (χ0v) is 13.0. The molecule has 20 heavy (non-hydrogen) atoms. The summed E-state index contributed by atoms with van der Waals surface area (Å²) in [7, 11) is 1.61. The Morgan fingerprint density at radius 3 is 2.65 bits per heavy atom. The van der Waals surface area contributed by atoms with Crippen LogP contribution in [0.5, 0.6) is 0 Å². The Balaban J connectivity index is 2.30. The first kappa shape index (κ1) is 17.4. The molecule has 0 aliphatic heterocycles. The normalized spacial score (nSPS) is 26.4. The van der Waals surface area contributed by atoms with E-state index in [2.05, 4.69) is 12.2 Å². The van der Waals surface area contributed by atoms with Gasteiger partial charge in [0.15, 0.2) is 0 Å². The van der Waals surface area contributed by atoms with Crippen molar-refractivity contribution in [1.29, 1.82) is 0 Å². The highest BCUT2D eigenvalue weighted by Crippen LogP contribution is 2.36. The van der Waals surface area contributed by atoms with Gasteiger partial charge in [-0.3, -0.25) is 4.79 Å². The maximum atomic E-state index is 11.7. The second kappa shape index (κ2) is 9.32. The van der Waals surface area contributed by atoms with E-state index in [0.717, 1.165) is 31.6 Å². The minimum Gasteiger partial charge on any atom is -0.383 e. The maximum Gasteiger partial charge on any atom is 0.246 e. The van der Waals surface area contributed by atoms with Crippen molar-refractivity contribution in [2.24, 2.45) is 11.7 Å². The van der Waals surface area contributed by atoms with E-state index in [1.165, 1.54) is 12.8 Å². The van der Waals surface area contributed by atoms with E-state index in [9.17, 15) is 4.79 Å². The lowest BCUT2D eigenvalue weighted by molar-refractivity contribution is -0.136. The number of carbonyl (C=O) groups is 1. The molecule has 0 aromatic rings. The van der Waals surface area contributed by atoms with Crippen LogP contribution in [0.25, 0.3) is 0 Å². The number of amides is 1. The predicted molar refractivity (Wildman–Crippen MR) is 79.5 cm³/mol. The average molecular weight is 286 g/mol. The van der Waals surface area contributed by atoms with Crippen molar-refractivity contribution in [2.45, 2.75) is 51.0 Å². The van der Waals surface area contributed by atoms with Crippen LogP contribution < -0.4 is 11.1 Å². The van der Waals surface area contributed by atoms with Gasteiger partial charge in [0.25, 0.3) is 0 Å². The van der Waals surface area contributed by atoms with Gasteiger partial charge in [-0.25, -0.2) is 0 Å². The zero-order valence-electron chi connectivity index (χ0n) is 13.0. The number of ether oxygens (including phenoxy) is 2. The molecule has 0 spiro atoms. The van der Waals surface area contributed by atoms with E-state index in [1.54, 1.807) is 7.11 Å². The van der Waals surface area contributed by atoms with Crippen molar-refractivity contribution in [2.75, 3.05) is 33.4 Å². The maximum absolute atomic E-state index is 11.7. The number of rotatable bonds is 9. The minimum absolute atomic E-state index is 0.0921. The SMILES string of the molecule is CCCC1CCC(CN)(OCC(=O)NCCOC)CC1. The molecule has 5 nitrogen and oxygen atoms in total. The van der Waals surface area contributed by atoms with Gasteiger partial charge in [0, 0.05) is 20.2 Å². The van der Waals surface area contributed by atoms with E-state index >= 15 is 0 Å². The summed E-state index contributed by atoms with van der Waals surface area (Å²) in [4.78, 5) is 11.7. The topological polar surface area (TPSA) is 73.6 Å². The molecule has 0 atom stereocenters. The molecule has 118 valence electrons. The Morgan fingerprint density at radius 2 is 2.10 bits per heavy atom. The second-order valence-corrected chi connectivity index (χ2v) is 5.75. The molecule has 1 aliphatic rings. The largest absolute Gasteiger partial charge is 0.383 e. The number of nitrogens with two attached hydrogens (primary N) is 1. The van der Waals surface area contributed by atoms with Crippen LogP contribution in [0.15, 0.2) is 0 Å². The monoisotopic (exact) mass is 286 g/mol. The molecule has 0 aromatic heterocycles. The molecule has 1 aliphatic carbocycles. The van der Waals surface area contributed by atoms with Crippen LogP contribution >= 0.6 is 0 Å². The zero-order chi connectivity index (χ0) is 14.8. The first-order chi connectivity index (χ1) is 9.65. The van der Waals surface area contributed by atoms with E-state index in [0.29, 0.717) is 19.7 Å². The van der Waals surface area contributed by atoms with Gasteiger partial charge in [-0.1, -0.05) is 19.8 Å². The summed E-state index contributed by atoms with van der Waals surface area (Å²) < 4.78 is 10.7. The van der Waals surface area contributed by atoms with Gasteiger partial charge in [-0.05, 0) is 31.6 Å². The molecule has 0 bridgehead atoms. The summed E-state index contributed by atoms with van der Waals surface area (Å²) in [5, 5.41) is 2.76. The standard InChI is InChI=1S/C15H30N2O3/c1-3-4-13-5-7-15(12-16,8-6-13)20-11-14(18)17-9-10-19-2/h13H,3-12,16H2,1-2H3,(H,17,18). The van der Waals surface area contributed by atoms with Crippen molar-refractivity contribution < 1.29 is 14.3 Å². The van der Waals surface area contributed by atoms with Crippen molar-refractivity contribution in [1.82, 2.24) is 5.32 Å². The van der Waals surface area contributed by atoms with Crippen LogP contribution in [0.2, 0.25) is 0 Å². The number of carbonyl (C=O) groups excluding carboxylic acids is 1. The van der Waals surface area contributed by atoms with E-state index in [4.69, 9.17) is 15.2 Å². The molecule has 1 amide bonds. The van der Waals surface area contributed by atoms with Gasteiger partial charge < -0.3 is 20.5 Å². The molecule has 0 unspecified atom stereocenters. The van der Waals surface area contributed by atoms with Gasteiger partial charge in [-0.2, -0.15) is 0 Å². The number of methoxy groups -OCH3 is 1. The Bertz CT molecular complexity index is 276. The van der Waals surface area contributed by atoms with Crippen LogP contribution in [0.4, 0.5) is 0 Å². The number of nitrogens with one attached hydrogen (secondary N) is 1. The Morgan fingerprint density at radius 1 is 1.40 bits per heavy atom.